The molecule has 0 fully saturated rings. The van der Waals surface area contributed by atoms with Crippen LogP contribution in [0.2, 0.25) is 0 Å². The first kappa shape index (κ1) is 11.2. The molecule has 1 rings (SSSR count). The van der Waals surface area contributed by atoms with E-state index in [-0.39, 0.29) is 6.10 Å². The summed E-state index contributed by atoms with van der Waals surface area (Å²) in [5.41, 5.74) is 5.78. The van der Waals surface area contributed by atoms with Crippen LogP contribution in [-0.4, -0.2) is 18.7 Å². The molecule has 5 heteroatoms. The molecule has 0 aliphatic heterocycles. The van der Waals surface area contributed by atoms with Gasteiger partial charge in [-0.1, -0.05) is 18.2 Å². The van der Waals surface area contributed by atoms with Crippen LogP contribution in [-0.2, 0) is 9.63 Å². The molecule has 80 valence electrons. The van der Waals surface area contributed by atoms with E-state index in [4.69, 9.17) is 4.84 Å². The molecule has 0 radical (unpaired) electrons. The summed E-state index contributed by atoms with van der Waals surface area (Å²) in [7, 11) is 0. The Morgan fingerprint density at radius 3 is 2.80 bits per heavy atom. The van der Waals surface area contributed by atoms with Crippen LogP contribution in [0.25, 0.3) is 0 Å². The lowest BCUT2D eigenvalue weighted by molar-refractivity contribution is -0.109. The number of hydrazone groups is 1. The Hall–Kier alpha value is -1.88. The average molecular weight is 207 g/mol. The van der Waals surface area contributed by atoms with Crippen LogP contribution in [0.4, 0.5) is 5.69 Å². The van der Waals surface area contributed by atoms with Crippen LogP contribution < -0.4 is 10.9 Å². The minimum atomic E-state index is -0.238. The van der Waals surface area contributed by atoms with Crippen LogP contribution in [0.15, 0.2) is 35.4 Å². The number of benzene rings is 1. The highest BCUT2D eigenvalue weighted by Gasteiger charge is 1.97. The molecule has 0 aromatic heterocycles. The molecule has 2 N–H and O–H groups in total. The summed E-state index contributed by atoms with van der Waals surface area (Å²) in [5, 5.41) is 3.59. The second-order valence-electron chi connectivity index (χ2n) is 2.82. The zero-order valence-electron chi connectivity index (χ0n) is 8.38. The van der Waals surface area contributed by atoms with E-state index in [0.717, 1.165) is 5.69 Å². The van der Waals surface area contributed by atoms with E-state index in [2.05, 4.69) is 16.0 Å². The van der Waals surface area contributed by atoms with Crippen molar-refractivity contribution in [2.24, 2.45) is 5.10 Å². The molecule has 0 saturated carbocycles. The minimum absolute atomic E-state index is 0.238. The standard InChI is InChI=1S/C10H13N3O2/c1-9(7-11-12-8-14)15-13-10-5-3-2-4-6-10/h2-9,13H,1H3,(H,12,14)/b11-7+/t9-/m0/s1. The third-order valence-corrected chi connectivity index (χ3v) is 1.55. The fourth-order valence-electron chi connectivity index (χ4n) is 0.876. The molecule has 1 atom stereocenters. The quantitative estimate of drug-likeness (QED) is 0.418. The monoisotopic (exact) mass is 207 g/mol. The molecule has 0 bridgehead atoms. The first-order valence-corrected chi connectivity index (χ1v) is 4.52. The van der Waals surface area contributed by atoms with E-state index in [1.54, 1.807) is 6.92 Å². The molecule has 1 amide bonds. The molecule has 1 aromatic carbocycles. The van der Waals surface area contributed by atoms with Crippen molar-refractivity contribution in [3.05, 3.63) is 30.3 Å². The Balaban J connectivity index is 2.28. The predicted octanol–water partition coefficient (Wildman–Crippen LogP) is 1.15. The fraction of sp³-hybridized carbons (Fsp3) is 0.200. The maximum absolute atomic E-state index is 9.88. The second kappa shape index (κ2) is 6.56. The Morgan fingerprint density at radius 2 is 2.13 bits per heavy atom. The Bertz CT molecular complexity index is 314. The fourth-order valence-corrected chi connectivity index (χ4v) is 0.876. The largest absolute Gasteiger partial charge is 0.277 e. The average Bonchev–Trinajstić information content (AvgIpc) is 2.28. The van der Waals surface area contributed by atoms with Gasteiger partial charge in [-0.15, -0.1) is 0 Å². The Labute approximate surface area is 88.1 Å². The minimum Gasteiger partial charge on any atom is -0.277 e. The van der Waals surface area contributed by atoms with Crippen molar-refractivity contribution >= 4 is 18.3 Å². The number of rotatable bonds is 6. The zero-order chi connectivity index (χ0) is 10.9. The zero-order valence-corrected chi connectivity index (χ0v) is 8.38. The molecule has 1 aromatic rings. The van der Waals surface area contributed by atoms with E-state index in [1.807, 2.05) is 30.3 Å². The number of carbonyl (C=O) groups excluding carboxylic acids is 1. The number of hydrogen-bond donors (Lipinski definition) is 2. The van der Waals surface area contributed by atoms with Crippen molar-refractivity contribution < 1.29 is 9.63 Å². The molecule has 5 nitrogen and oxygen atoms in total. The smallest absolute Gasteiger partial charge is 0.227 e. The van der Waals surface area contributed by atoms with Gasteiger partial charge in [-0.05, 0) is 19.1 Å². The third kappa shape index (κ3) is 4.78. The molecule has 0 spiro atoms. The van der Waals surface area contributed by atoms with Gasteiger partial charge in [0.05, 0.1) is 11.9 Å². The summed E-state index contributed by atoms with van der Waals surface area (Å²) in [6, 6.07) is 9.49. The topological polar surface area (TPSA) is 62.7 Å². The lowest BCUT2D eigenvalue weighted by atomic mass is 10.3. The van der Waals surface area contributed by atoms with Gasteiger partial charge < -0.3 is 0 Å². The maximum atomic E-state index is 9.88. The van der Waals surface area contributed by atoms with Gasteiger partial charge in [0, 0.05) is 0 Å². The first-order valence-electron chi connectivity index (χ1n) is 4.52. The third-order valence-electron chi connectivity index (χ3n) is 1.55. The van der Waals surface area contributed by atoms with Crippen molar-refractivity contribution in [1.82, 2.24) is 5.43 Å². The second-order valence-corrected chi connectivity index (χ2v) is 2.82. The van der Waals surface area contributed by atoms with Gasteiger partial charge in [0.25, 0.3) is 0 Å². The maximum Gasteiger partial charge on any atom is 0.227 e. The van der Waals surface area contributed by atoms with Crippen molar-refractivity contribution in [1.29, 1.82) is 0 Å². The van der Waals surface area contributed by atoms with E-state index in [9.17, 15) is 4.79 Å². The van der Waals surface area contributed by atoms with Crippen molar-refractivity contribution in [2.45, 2.75) is 13.0 Å². The lowest BCUT2D eigenvalue weighted by Crippen LogP contribution is -2.16. The lowest BCUT2D eigenvalue weighted by Gasteiger charge is -2.09. The van der Waals surface area contributed by atoms with E-state index < -0.39 is 0 Å². The number of hydrogen-bond acceptors (Lipinski definition) is 4. The Kier molecular flexibility index (Phi) is 4.89. The van der Waals surface area contributed by atoms with Crippen LogP contribution in [0.3, 0.4) is 0 Å². The number of carbonyl (C=O) groups is 1. The molecule has 0 unspecified atom stereocenters. The molecular formula is C10H13N3O2. The summed E-state index contributed by atoms with van der Waals surface area (Å²) in [6.45, 7) is 1.80. The number of nitrogens with one attached hydrogen (secondary N) is 2. The van der Waals surface area contributed by atoms with Gasteiger partial charge in [-0.3, -0.25) is 15.1 Å². The highest BCUT2D eigenvalue weighted by molar-refractivity contribution is 5.63. The molecule has 0 saturated heterocycles. The summed E-state index contributed by atoms with van der Waals surface area (Å²) in [6.07, 6.45) is 1.73. The van der Waals surface area contributed by atoms with Crippen LogP contribution in [0, 0.1) is 0 Å². The summed E-state index contributed by atoms with van der Waals surface area (Å²) < 4.78 is 0. The van der Waals surface area contributed by atoms with Gasteiger partial charge in [-0.25, -0.2) is 5.43 Å². The molecule has 0 aliphatic carbocycles. The molecule has 0 aliphatic rings. The normalized spacial score (nSPS) is 12.3. The van der Waals surface area contributed by atoms with Crippen LogP contribution in [0.5, 0.6) is 0 Å². The Morgan fingerprint density at radius 1 is 1.40 bits per heavy atom. The highest BCUT2D eigenvalue weighted by Crippen LogP contribution is 2.05. The summed E-state index contributed by atoms with van der Waals surface area (Å²) in [4.78, 5) is 15.1. The van der Waals surface area contributed by atoms with Crippen LogP contribution in [0.1, 0.15) is 6.92 Å². The number of nitrogens with zero attached hydrogens (tertiary/aromatic N) is 1. The van der Waals surface area contributed by atoms with Gasteiger partial charge in [0.15, 0.2) is 0 Å². The number of anilines is 1. The van der Waals surface area contributed by atoms with E-state index in [0.29, 0.717) is 6.41 Å². The van der Waals surface area contributed by atoms with Crippen molar-refractivity contribution in [3.8, 4) is 0 Å². The van der Waals surface area contributed by atoms with Crippen molar-refractivity contribution in [2.75, 3.05) is 5.48 Å². The number of para-hydroxylation sites is 1. The number of amides is 1. The van der Waals surface area contributed by atoms with E-state index in [1.165, 1.54) is 6.21 Å². The highest BCUT2D eigenvalue weighted by atomic mass is 16.7. The van der Waals surface area contributed by atoms with Gasteiger partial charge in [0.1, 0.15) is 6.10 Å². The first-order chi connectivity index (χ1) is 7.33. The summed E-state index contributed by atoms with van der Waals surface area (Å²) in [5.74, 6) is 0. The van der Waals surface area contributed by atoms with Gasteiger partial charge >= 0.3 is 0 Å². The predicted molar refractivity (Wildman–Crippen MR) is 58.3 cm³/mol. The van der Waals surface area contributed by atoms with Crippen LogP contribution >= 0.6 is 0 Å². The molecule has 0 heterocycles. The summed E-state index contributed by atoms with van der Waals surface area (Å²) >= 11 is 0. The molecular weight excluding hydrogens is 194 g/mol. The molecule has 15 heavy (non-hydrogen) atoms. The SMILES string of the molecule is C[C@@H](/C=N/NC=O)ONc1ccccc1. The van der Waals surface area contributed by atoms with Gasteiger partial charge in [-0.2, -0.15) is 5.10 Å². The van der Waals surface area contributed by atoms with Crippen molar-refractivity contribution in [3.63, 3.8) is 0 Å². The van der Waals surface area contributed by atoms with E-state index >= 15 is 0 Å². The van der Waals surface area contributed by atoms with Gasteiger partial charge in [0.2, 0.25) is 6.41 Å².